The Morgan fingerprint density at radius 2 is 1.95 bits per heavy atom. The summed E-state index contributed by atoms with van der Waals surface area (Å²) in [7, 11) is 0. The minimum atomic E-state index is 0.0510. The van der Waals surface area contributed by atoms with E-state index in [1.807, 2.05) is 36.4 Å². The lowest BCUT2D eigenvalue weighted by Gasteiger charge is -2.21. The van der Waals surface area contributed by atoms with Crippen molar-refractivity contribution in [1.29, 1.82) is 0 Å². The van der Waals surface area contributed by atoms with Crippen LogP contribution in [0.15, 0.2) is 42.5 Å². The van der Waals surface area contributed by atoms with Crippen molar-refractivity contribution < 1.29 is 4.79 Å². The fraction of sp³-hybridized carbons (Fsp3) is 0.353. The van der Waals surface area contributed by atoms with Crippen molar-refractivity contribution in [3.8, 4) is 0 Å². The molecule has 0 radical (unpaired) electrons. The molecule has 2 aromatic carbocycles. The van der Waals surface area contributed by atoms with Crippen LogP contribution >= 0.6 is 0 Å². The Bertz CT molecular complexity index is 667. The molecule has 4 rings (SSSR count). The smallest absolute Gasteiger partial charge is 0.251 e. The van der Waals surface area contributed by atoms with Crippen LogP contribution in [-0.4, -0.2) is 24.0 Å². The zero-order valence-corrected chi connectivity index (χ0v) is 11.3. The van der Waals surface area contributed by atoms with Crippen molar-refractivity contribution in [2.45, 2.75) is 37.4 Å². The van der Waals surface area contributed by atoms with E-state index in [0.29, 0.717) is 18.1 Å². The third-order valence-electron chi connectivity index (χ3n) is 4.63. The Balaban J connectivity index is 1.54. The Labute approximate surface area is 118 Å². The molecule has 3 nitrogen and oxygen atoms in total. The van der Waals surface area contributed by atoms with Gasteiger partial charge in [-0.15, -0.1) is 0 Å². The highest BCUT2D eigenvalue weighted by atomic mass is 16.1. The third-order valence-corrected chi connectivity index (χ3v) is 4.63. The molecular formula is C17H18N2O. The van der Waals surface area contributed by atoms with Gasteiger partial charge in [-0.2, -0.15) is 0 Å². The molecule has 3 heteroatoms. The molecule has 2 fully saturated rings. The second-order valence-corrected chi connectivity index (χ2v) is 5.93. The molecule has 2 bridgehead atoms. The monoisotopic (exact) mass is 266 g/mol. The lowest BCUT2D eigenvalue weighted by Crippen LogP contribution is -2.42. The first-order chi connectivity index (χ1) is 9.79. The van der Waals surface area contributed by atoms with E-state index in [4.69, 9.17) is 0 Å². The molecule has 0 spiro atoms. The highest BCUT2D eigenvalue weighted by molar-refractivity contribution is 5.98. The van der Waals surface area contributed by atoms with Crippen molar-refractivity contribution >= 4 is 16.7 Å². The largest absolute Gasteiger partial charge is 0.348 e. The van der Waals surface area contributed by atoms with E-state index in [-0.39, 0.29) is 5.91 Å². The summed E-state index contributed by atoms with van der Waals surface area (Å²) in [5.41, 5.74) is 0.756. The number of hydrogen-bond acceptors (Lipinski definition) is 2. The molecule has 0 aliphatic carbocycles. The molecule has 2 saturated heterocycles. The van der Waals surface area contributed by atoms with Gasteiger partial charge in [0.05, 0.1) is 0 Å². The molecule has 2 aliphatic rings. The molecule has 2 heterocycles. The Kier molecular flexibility index (Phi) is 2.74. The fourth-order valence-electron chi connectivity index (χ4n) is 3.57. The standard InChI is InChI=1S/C17H18N2O/c20-17(19-16-10-14-7-8-15(16)18-14)13-6-5-11-3-1-2-4-12(11)9-13/h1-6,9,14-16,18H,7-8,10H2,(H,19,20). The van der Waals surface area contributed by atoms with Crippen molar-refractivity contribution in [1.82, 2.24) is 10.6 Å². The second kappa shape index (κ2) is 4.60. The van der Waals surface area contributed by atoms with Crippen molar-refractivity contribution in [3.05, 3.63) is 48.0 Å². The number of nitrogens with one attached hydrogen (secondary N) is 2. The third kappa shape index (κ3) is 1.98. The number of hydrogen-bond donors (Lipinski definition) is 2. The first-order valence-electron chi connectivity index (χ1n) is 7.35. The summed E-state index contributed by atoms with van der Waals surface area (Å²) < 4.78 is 0. The summed E-state index contributed by atoms with van der Waals surface area (Å²) in [4.78, 5) is 12.4. The van der Waals surface area contributed by atoms with Crippen molar-refractivity contribution in [2.75, 3.05) is 0 Å². The summed E-state index contributed by atoms with van der Waals surface area (Å²) >= 11 is 0. The number of benzene rings is 2. The molecule has 1 amide bonds. The van der Waals surface area contributed by atoms with E-state index in [9.17, 15) is 4.79 Å². The normalized spacial score (nSPS) is 27.9. The molecule has 3 atom stereocenters. The van der Waals surface area contributed by atoms with Crippen LogP contribution in [0.2, 0.25) is 0 Å². The zero-order valence-electron chi connectivity index (χ0n) is 11.3. The molecule has 20 heavy (non-hydrogen) atoms. The van der Waals surface area contributed by atoms with Crippen LogP contribution in [0.25, 0.3) is 10.8 Å². The molecule has 0 aromatic heterocycles. The predicted molar refractivity (Wildman–Crippen MR) is 79.8 cm³/mol. The maximum absolute atomic E-state index is 12.4. The summed E-state index contributed by atoms with van der Waals surface area (Å²) in [5.74, 6) is 0.0510. The van der Waals surface area contributed by atoms with Gasteiger partial charge >= 0.3 is 0 Å². The summed E-state index contributed by atoms with van der Waals surface area (Å²) in [6, 6.07) is 15.4. The molecule has 3 unspecified atom stereocenters. The molecule has 102 valence electrons. The number of amides is 1. The molecular weight excluding hydrogens is 248 g/mol. The maximum atomic E-state index is 12.4. The lowest BCUT2D eigenvalue weighted by molar-refractivity contribution is 0.0931. The molecule has 2 aliphatic heterocycles. The van der Waals surface area contributed by atoms with Crippen LogP contribution in [0.1, 0.15) is 29.6 Å². The van der Waals surface area contributed by atoms with Crippen LogP contribution in [-0.2, 0) is 0 Å². The Hall–Kier alpha value is -1.87. The van der Waals surface area contributed by atoms with Crippen molar-refractivity contribution in [3.63, 3.8) is 0 Å². The van der Waals surface area contributed by atoms with Gasteiger partial charge in [0.1, 0.15) is 0 Å². The highest BCUT2D eigenvalue weighted by Gasteiger charge is 2.39. The van der Waals surface area contributed by atoms with Gasteiger partial charge in [0.2, 0.25) is 0 Å². The number of fused-ring (bicyclic) bond motifs is 3. The number of carbonyl (C=O) groups excluding carboxylic acids is 1. The van der Waals surface area contributed by atoms with Crippen LogP contribution in [0, 0.1) is 0 Å². The average molecular weight is 266 g/mol. The minimum Gasteiger partial charge on any atom is -0.348 e. The summed E-state index contributed by atoms with van der Waals surface area (Å²) in [5, 5.41) is 9.03. The van der Waals surface area contributed by atoms with Crippen LogP contribution in [0.5, 0.6) is 0 Å². The van der Waals surface area contributed by atoms with Gasteiger partial charge in [-0.25, -0.2) is 0 Å². The quantitative estimate of drug-likeness (QED) is 0.876. The van der Waals surface area contributed by atoms with Gasteiger partial charge in [-0.3, -0.25) is 4.79 Å². The van der Waals surface area contributed by atoms with Gasteiger partial charge in [-0.05, 0) is 42.2 Å². The highest BCUT2D eigenvalue weighted by Crippen LogP contribution is 2.28. The summed E-state index contributed by atoms with van der Waals surface area (Å²) in [6.45, 7) is 0. The fourth-order valence-corrected chi connectivity index (χ4v) is 3.57. The van der Waals surface area contributed by atoms with Gasteiger partial charge in [-0.1, -0.05) is 30.3 Å². The second-order valence-electron chi connectivity index (χ2n) is 5.93. The molecule has 2 aromatic rings. The van der Waals surface area contributed by atoms with Gasteiger partial charge in [0.15, 0.2) is 0 Å². The van der Waals surface area contributed by atoms with Crippen LogP contribution < -0.4 is 10.6 Å². The van der Waals surface area contributed by atoms with Crippen LogP contribution in [0.4, 0.5) is 0 Å². The number of rotatable bonds is 2. The Morgan fingerprint density at radius 3 is 2.70 bits per heavy atom. The first kappa shape index (κ1) is 11.9. The van der Waals surface area contributed by atoms with Gasteiger partial charge < -0.3 is 10.6 Å². The first-order valence-corrected chi connectivity index (χ1v) is 7.35. The minimum absolute atomic E-state index is 0.0510. The van der Waals surface area contributed by atoms with Crippen molar-refractivity contribution in [2.24, 2.45) is 0 Å². The zero-order chi connectivity index (χ0) is 13.5. The van der Waals surface area contributed by atoms with E-state index < -0.39 is 0 Å². The van der Waals surface area contributed by atoms with E-state index >= 15 is 0 Å². The SMILES string of the molecule is O=C(NC1CC2CCC1N2)c1ccc2ccccc2c1. The van der Waals surface area contributed by atoms with Crippen LogP contribution in [0.3, 0.4) is 0 Å². The lowest BCUT2D eigenvalue weighted by atomic mass is 9.95. The van der Waals surface area contributed by atoms with E-state index in [1.165, 1.54) is 18.2 Å². The Morgan fingerprint density at radius 1 is 1.10 bits per heavy atom. The maximum Gasteiger partial charge on any atom is 0.251 e. The predicted octanol–water partition coefficient (Wildman–Crippen LogP) is 2.46. The van der Waals surface area contributed by atoms with E-state index in [2.05, 4.69) is 16.7 Å². The van der Waals surface area contributed by atoms with Gasteiger partial charge in [0.25, 0.3) is 5.91 Å². The average Bonchev–Trinajstić information content (AvgIpc) is 3.09. The summed E-state index contributed by atoms with van der Waals surface area (Å²) in [6.07, 6.45) is 3.52. The van der Waals surface area contributed by atoms with Gasteiger partial charge in [0, 0.05) is 23.7 Å². The molecule has 2 N–H and O–H groups in total. The van der Waals surface area contributed by atoms with E-state index in [0.717, 1.165) is 17.4 Å². The topological polar surface area (TPSA) is 41.1 Å². The van der Waals surface area contributed by atoms with E-state index in [1.54, 1.807) is 0 Å². The molecule has 0 saturated carbocycles. The number of carbonyl (C=O) groups is 1.